The van der Waals surface area contributed by atoms with Crippen molar-refractivity contribution in [2.75, 3.05) is 32.5 Å². The molecule has 1 aliphatic rings. The predicted octanol–water partition coefficient (Wildman–Crippen LogP) is 3.12. The molecular formula is C17H23Cl2N3O2. The van der Waals surface area contributed by atoms with Crippen LogP contribution in [0.3, 0.4) is 0 Å². The number of rotatable bonds is 4. The van der Waals surface area contributed by atoms with Crippen molar-refractivity contribution in [2.45, 2.75) is 25.8 Å². The van der Waals surface area contributed by atoms with Gasteiger partial charge in [0, 0.05) is 35.7 Å². The van der Waals surface area contributed by atoms with Crippen LogP contribution in [0.2, 0.25) is 10.0 Å². The second kappa shape index (κ2) is 8.19. The number of amides is 2. The number of nitrogens with one attached hydrogen (secondary N) is 1. The standard InChI is InChI=1S/C17H23Cl2N3O2/c1-11(16(23)20-15-9-13(18)8-14(19)10-15)22-6-4-12(5-7-22)17(24)21(2)3/h8-12H,4-7H2,1-3H3,(H,20,23)/t11-/m1/s1. The van der Waals surface area contributed by atoms with E-state index in [1.54, 1.807) is 37.2 Å². The molecule has 1 saturated heterocycles. The molecule has 1 heterocycles. The van der Waals surface area contributed by atoms with Gasteiger partial charge in [-0.15, -0.1) is 0 Å². The van der Waals surface area contributed by atoms with Crippen molar-refractivity contribution in [3.05, 3.63) is 28.2 Å². The monoisotopic (exact) mass is 371 g/mol. The Balaban J connectivity index is 1.91. The number of hydrogen-bond donors (Lipinski definition) is 1. The third kappa shape index (κ3) is 4.85. The van der Waals surface area contributed by atoms with Crippen molar-refractivity contribution < 1.29 is 9.59 Å². The Morgan fingerprint density at radius 3 is 2.21 bits per heavy atom. The molecule has 1 N–H and O–H groups in total. The summed E-state index contributed by atoms with van der Waals surface area (Å²) in [6, 6.07) is 4.67. The van der Waals surface area contributed by atoms with Gasteiger partial charge in [0.25, 0.3) is 0 Å². The third-order valence-corrected chi connectivity index (χ3v) is 4.81. The normalized spacial score (nSPS) is 17.4. The molecule has 0 saturated carbocycles. The van der Waals surface area contributed by atoms with Gasteiger partial charge in [-0.05, 0) is 51.1 Å². The molecule has 0 radical (unpaired) electrons. The maximum atomic E-state index is 12.4. The first-order valence-electron chi connectivity index (χ1n) is 8.00. The summed E-state index contributed by atoms with van der Waals surface area (Å²) in [4.78, 5) is 28.2. The molecule has 1 atom stereocenters. The zero-order valence-electron chi connectivity index (χ0n) is 14.2. The molecule has 2 rings (SSSR count). The van der Waals surface area contributed by atoms with Gasteiger partial charge in [0.15, 0.2) is 0 Å². The number of carbonyl (C=O) groups excluding carboxylic acids is 2. The summed E-state index contributed by atoms with van der Waals surface area (Å²) in [5.41, 5.74) is 0.585. The smallest absolute Gasteiger partial charge is 0.241 e. The molecule has 0 bridgehead atoms. The van der Waals surface area contributed by atoms with Crippen LogP contribution in [-0.4, -0.2) is 54.8 Å². The van der Waals surface area contributed by atoms with E-state index in [9.17, 15) is 9.59 Å². The van der Waals surface area contributed by atoms with Crippen molar-refractivity contribution in [3.8, 4) is 0 Å². The van der Waals surface area contributed by atoms with Crippen LogP contribution in [0.25, 0.3) is 0 Å². The van der Waals surface area contributed by atoms with E-state index in [-0.39, 0.29) is 23.8 Å². The fourth-order valence-corrected chi connectivity index (χ4v) is 3.46. The van der Waals surface area contributed by atoms with Gasteiger partial charge in [0.05, 0.1) is 6.04 Å². The molecule has 132 valence electrons. The Morgan fingerprint density at radius 2 is 1.71 bits per heavy atom. The van der Waals surface area contributed by atoms with E-state index in [1.165, 1.54) is 0 Å². The lowest BCUT2D eigenvalue weighted by molar-refractivity contribution is -0.134. The van der Waals surface area contributed by atoms with Crippen LogP contribution in [0.5, 0.6) is 0 Å². The first-order valence-corrected chi connectivity index (χ1v) is 8.75. The van der Waals surface area contributed by atoms with Gasteiger partial charge in [-0.1, -0.05) is 23.2 Å². The largest absolute Gasteiger partial charge is 0.349 e. The summed E-state index contributed by atoms with van der Waals surface area (Å²) < 4.78 is 0. The minimum Gasteiger partial charge on any atom is -0.349 e. The SMILES string of the molecule is C[C@H](C(=O)Nc1cc(Cl)cc(Cl)c1)N1CCC(C(=O)N(C)C)CC1. The van der Waals surface area contributed by atoms with Crippen molar-refractivity contribution in [3.63, 3.8) is 0 Å². The highest BCUT2D eigenvalue weighted by Gasteiger charge is 2.30. The molecule has 24 heavy (non-hydrogen) atoms. The number of nitrogens with zero attached hydrogens (tertiary/aromatic N) is 2. The van der Waals surface area contributed by atoms with Crippen molar-refractivity contribution in [2.24, 2.45) is 5.92 Å². The quantitative estimate of drug-likeness (QED) is 0.884. The maximum Gasteiger partial charge on any atom is 0.241 e. The first kappa shape index (κ1) is 19.0. The Morgan fingerprint density at radius 1 is 1.17 bits per heavy atom. The molecule has 1 aromatic rings. The molecule has 0 aromatic heterocycles. The number of hydrogen-bond acceptors (Lipinski definition) is 3. The number of piperidine rings is 1. The van der Waals surface area contributed by atoms with Gasteiger partial charge < -0.3 is 10.2 Å². The van der Waals surface area contributed by atoms with Crippen molar-refractivity contribution in [1.29, 1.82) is 0 Å². The number of halogens is 2. The molecule has 0 spiro atoms. The summed E-state index contributed by atoms with van der Waals surface area (Å²) in [5, 5.41) is 3.81. The van der Waals surface area contributed by atoms with Crippen LogP contribution in [-0.2, 0) is 9.59 Å². The van der Waals surface area contributed by atoms with E-state index in [0.29, 0.717) is 15.7 Å². The average Bonchev–Trinajstić information content (AvgIpc) is 2.52. The van der Waals surface area contributed by atoms with E-state index >= 15 is 0 Å². The van der Waals surface area contributed by atoms with Crippen molar-refractivity contribution >= 4 is 40.7 Å². The zero-order chi connectivity index (χ0) is 17.9. The maximum absolute atomic E-state index is 12.4. The molecular weight excluding hydrogens is 349 g/mol. The van der Waals surface area contributed by atoms with E-state index in [0.717, 1.165) is 25.9 Å². The Bertz CT molecular complexity index is 594. The van der Waals surface area contributed by atoms with Gasteiger partial charge in [0.2, 0.25) is 11.8 Å². The second-order valence-corrected chi connectivity index (χ2v) is 7.24. The van der Waals surface area contributed by atoms with E-state index in [2.05, 4.69) is 10.2 Å². The minimum absolute atomic E-state index is 0.0539. The zero-order valence-corrected chi connectivity index (χ0v) is 15.7. The van der Waals surface area contributed by atoms with Gasteiger partial charge in [-0.25, -0.2) is 0 Å². The second-order valence-electron chi connectivity index (χ2n) is 6.37. The summed E-state index contributed by atoms with van der Waals surface area (Å²) in [6.45, 7) is 3.33. The molecule has 1 aliphatic heterocycles. The fraction of sp³-hybridized carbons (Fsp3) is 0.529. The van der Waals surface area contributed by atoms with Gasteiger partial charge in [-0.3, -0.25) is 14.5 Å². The van der Waals surface area contributed by atoms with Crippen LogP contribution in [0.4, 0.5) is 5.69 Å². The molecule has 5 nitrogen and oxygen atoms in total. The van der Waals surface area contributed by atoms with Crippen LogP contribution in [0, 0.1) is 5.92 Å². The lowest BCUT2D eigenvalue weighted by Crippen LogP contribution is -2.48. The summed E-state index contributed by atoms with van der Waals surface area (Å²) in [7, 11) is 3.56. The van der Waals surface area contributed by atoms with Gasteiger partial charge in [0.1, 0.15) is 0 Å². The molecule has 1 fully saturated rings. The van der Waals surface area contributed by atoms with Crippen LogP contribution >= 0.6 is 23.2 Å². The third-order valence-electron chi connectivity index (χ3n) is 4.38. The Hall–Kier alpha value is -1.30. The van der Waals surface area contributed by atoms with Crippen LogP contribution in [0.15, 0.2) is 18.2 Å². The Labute approximate surface area is 152 Å². The van der Waals surface area contributed by atoms with Crippen LogP contribution in [0.1, 0.15) is 19.8 Å². The first-order chi connectivity index (χ1) is 11.3. The van der Waals surface area contributed by atoms with Crippen molar-refractivity contribution in [1.82, 2.24) is 9.80 Å². The van der Waals surface area contributed by atoms with E-state index in [1.807, 2.05) is 6.92 Å². The molecule has 1 aromatic carbocycles. The Kier molecular flexibility index (Phi) is 6.49. The topological polar surface area (TPSA) is 52.7 Å². The molecule has 0 unspecified atom stereocenters. The number of anilines is 1. The number of carbonyl (C=O) groups is 2. The molecule has 2 amide bonds. The van der Waals surface area contributed by atoms with Crippen LogP contribution < -0.4 is 5.32 Å². The molecule has 7 heteroatoms. The van der Waals surface area contributed by atoms with Gasteiger partial charge >= 0.3 is 0 Å². The summed E-state index contributed by atoms with van der Waals surface area (Å²) >= 11 is 11.9. The molecule has 0 aliphatic carbocycles. The van der Waals surface area contributed by atoms with Gasteiger partial charge in [-0.2, -0.15) is 0 Å². The fourth-order valence-electron chi connectivity index (χ4n) is 2.94. The lowest BCUT2D eigenvalue weighted by Gasteiger charge is -2.35. The van der Waals surface area contributed by atoms with E-state index in [4.69, 9.17) is 23.2 Å². The average molecular weight is 372 g/mol. The highest BCUT2D eigenvalue weighted by molar-refractivity contribution is 6.35. The highest BCUT2D eigenvalue weighted by atomic mass is 35.5. The summed E-state index contributed by atoms with van der Waals surface area (Å²) in [5.74, 6) is 0.115. The minimum atomic E-state index is -0.279. The lowest BCUT2D eigenvalue weighted by atomic mass is 9.94. The number of benzene rings is 1. The summed E-state index contributed by atoms with van der Waals surface area (Å²) in [6.07, 6.45) is 1.55. The van der Waals surface area contributed by atoms with E-state index < -0.39 is 0 Å². The predicted molar refractivity (Wildman–Crippen MR) is 97.5 cm³/mol. The highest BCUT2D eigenvalue weighted by Crippen LogP contribution is 2.24. The number of likely N-dealkylation sites (tertiary alicyclic amines) is 1.